The second-order valence-corrected chi connectivity index (χ2v) is 6.74. The van der Waals surface area contributed by atoms with Crippen molar-refractivity contribution in [3.8, 4) is 0 Å². The molecule has 2 rings (SSSR count). The lowest BCUT2D eigenvalue weighted by molar-refractivity contribution is -0.120. The molecule has 0 bridgehead atoms. The van der Waals surface area contributed by atoms with Crippen molar-refractivity contribution in [2.24, 2.45) is 0 Å². The SMILES string of the molecule is Cc1ccc(C(=O)NCC(=O)N[C@@H](C)c2ccc(Br)cc2)cc1C. The minimum atomic E-state index is -0.246. The average molecular weight is 389 g/mol. The summed E-state index contributed by atoms with van der Waals surface area (Å²) in [7, 11) is 0. The predicted molar refractivity (Wildman–Crippen MR) is 98.9 cm³/mol. The van der Waals surface area contributed by atoms with Gasteiger partial charge >= 0.3 is 0 Å². The van der Waals surface area contributed by atoms with Gasteiger partial charge in [0.15, 0.2) is 0 Å². The third-order valence-corrected chi connectivity index (χ3v) is 4.45. The number of aryl methyl sites for hydroxylation is 2. The molecule has 2 amide bonds. The van der Waals surface area contributed by atoms with Crippen molar-refractivity contribution in [1.29, 1.82) is 0 Å². The van der Waals surface area contributed by atoms with Crippen LogP contribution in [0.2, 0.25) is 0 Å². The molecule has 5 heteroatoms. The van der Waals surface area contributed by atoms with Crippen molar-refractivity contribution in [2.45, 2.75) is 26.8 Å². The van der Waals surface area contributed by atoms with Crippen molar-refractivity contribution in [2.75, 3.05) is 6.54 Å². The third-order valence-electron chi connectivity index (χ3n) is 3.93. The fourth-order valence-corrected chi connectivity index (χ4v) is 2.54. The van der Waals surface area contributed by atoms with Crippen LogP contribution < -0.4 is 10.6 Å². The van der Waals surface area contributed by atoms with E-state index in [2.05, 4.69) is 26.6 Å². The number of hydrogen-bond donors (Lipinski definition) is 2. The summed E-state index contributed by atoms with van der Waals surface area (Å²) in [5.41, 5.74) is 3.75. The van der Waals surface area contributed by atoms with Crippen LogP contribution in [0.25, 0.3) is 0 Å². The standard InChI is InChI=1S/C19H21BrN2O2/c1-12-4-5-16(10-13(12)2)19(24)21-11-18(23)22-14(3)15-6-8-17(20)9-7-15/h4-10,14H,11H2,1-3H3,(H,21,24)(H,22,23)/t14-/m0/s1. The van der Waals surface area contributed by atoms with E-state index < -0.39 is 0 Å². The van der Waals surface area contributed by atoms with Gasteiger partial charge in [0.1, 0.15) is 0 Å². The van der Waals surface area contributed by atoms with Crippen LogP contribution in [0.1, 0.15) is 40.0 Å². The molecule has 1 atom stereocenters. The average Bonchev–Trinajstić information content (AvgIpc) is 2.55. The number of hydrogen-bond acceptors (Lipinski definition) is 2. The van der Waals surface area contributed by atoms with Gasteiger partial charge in [0.05, 0.1) is 12.6 Å². The van der Waals surface area contributed by atoms with Gasteiger partial charge in [0.25, 0.3) is 5.91 Å². The van der Waals surface area contributed by atoms with E-state index in [1.807, 2.05) is 57.2 Å². The summed E-state index contributed by atoms with van der Waals surface area (Å²) in [5, 5.41) is 5.53. The van der Waals surface area contributed by atoms with Crippen LogP contribution in [-0.2, 0) is 4.79 Å². The Bertz CT molecular complexity index is 742. The highest BCUT2D eigenvalue weighted by molar-refractivity contribution is 9.10. The number of amides is 2. The first-order valence-corrected chi connectivity index (χ1v) is 8.56. The first-order valence-electron chi connectivity index (χ1n) is 7.77. The first-order chi connectivity index (χ1) is 11.4. The molecule has 24 heavy (non-hydrogen) atoms. The minimum Gasteiger partial charge on any atom is -0.348 e. The minimum absolute atomic E-state index is 0.0490. The molecule has 0 radical (unpaired) electrons. The Morgan fingerprint density at radius 1 is 1.04 bits per heavy atom. The maximum absolute atomic E-state index is 12.1. The number of nitrogens with one attached hydrogen (secondary N) is 2. The molecular formula is C19H21BrN2O2. The van der Waals surface area contributed by atoms with Gasteiger partial charge in [-0.2, -0.15) is 0 Å². The van der Waals surface area contributed by atoms with Gasteiger partial charge in [-0.1, -0.05) is 34.1 Å². The van der Waals surface area contributed by atoms with Crippen molar-refractivity contribution in [1.82, 2.24) is 10.6 Å². The van der Waals surface area contributed by atoms with Gasteiger partial charge in [-0.3, -0.25) is 9.59 Å². The Labute approximate surface area is 150 Å². The van der Waals surface area contributed by atoms with E-state index in [4.69, 9.17) is 0 Å². The van der Waals surface area contributed by atoms with E-state index in [0.29, 0.717) is 5.56 Å². The molecule has 0 spiro atoms. The molecule has 0 aliphatic heterocycles. The van der Waals surface area contributed by atoms with Gasteiger partial charge in [-0.05, 0) is 61.7 Å². The smallest absolute Gasteiger partial charge is 0.251 e. The van der Waals surface area contributed by atoms with Crippen molar-refractivity contribution >= 4 is 27.7 Å². The fraction of sp³-hybridized carbons (Fsp3) is 0.263. The van der Waals surface area contributed by atoms with Crippen LogP contribution in [0.5, 0.6) is 0 Å². The zero-order chi connectivity index (χ0) is 17.7. The molecule has 2 aromatic rings. The maximum Gasteiger partial charge on any atom is 0.251 e. The van der Waals surface area contributed by atoms with E-state index >= 15 is 0 Å². The Kier molecular flexibility index (Phi) is 6.15. The number of carbonyl (C=O) groups is 2. The van der Waals surface area contributed by atoms with Crippen LogP contribution in [0.15, 0.2) is 46.9 Å². The van der Waals surface area contributed by atoms with Gasteiger partial charge in [-0.25, -0.2) is 0 Å². The second kappa shape index (κ2) is 8.11. The normalized spacial score (nSPS) is 11.7. The van der Waals surface area contributed by atoms with Gasteiger partial charge in [-0.15, -0.1) is 0 Å². The summed E-state index contributed by atoms with van der Waals surface area (Å²) in [6.45, 7) is 5.81. The van der Waals surface area contributed by atoms with Gasteiger partial charge in [0, 0.05) is 10.0 Å². The highest BCUT2D eigenvalue weighted by Crippen LogP contribution is 2.16. The maximum atomic E-state index is 12.1. The molecule has 0 aliphatic carbocycles. The van der Waals surface area contributed by atoms with Crippen LogP contribution in [0.3, 0.4) is 0 Å². The quantitative estimate of drug-likeness (QED) is 0.820. The third kappa shape index (κ3) is 4.93. The van der Waals surface area contributed by atoms with E-state index in [-0.39, 0.29) is 24.4 Å². The Morgan fingerprint density at radius 2 is 1.71 bits per heavy atom. The molecule has 0 saturated heterocycles. The highest BCUT2D eigenvalue weighted by atomic mass is 79.9. The first kappa shape index (κ1) is 18.2. The molecule has 4 nitrogen and oxygen atoms in total. The van der Waals surface area contributed by atoms with Gasteiger partial charge in [0.2, 0.25) is 5.91 Å². The zero-order valence-electron chi connectivity index (χ0n) is 14.0. The molecule has 0 saturated carbocycles. The second-order valence-electron chi connectivity index (χ2n) is 5.82. The van der Waals surface area contributed by atoms with Gasteiger partial charge < -0.3 is 10.6 Å². The lowest BCUT2D eigenvalue weighted by Crippen LogP contribution is -2.38. The monoisotopic (exact) mass is 388 g/mol. The predicted octanol–water partition coefficient (Wildman–Crippen LogP) is 3.67. The molecule has 0 aliphatic rings. The number of halogens is 1. The topological polar surface area (TPSA) is 58.2 Å². The fourth-order valence-electron chi connectivity index (χ4n) is 2.27. The molecule has 0 fully saturated rings. The van der Waals surface area contributed by atoms with Crippen molar-refractivity contribution in [3.63, 3.8) is 0 Å². The summed E-state index contributed by atoms with van der Waals surface area (Å²) < 4.78 is 0.991. The highest BCUT2D eigenvalue weighted by Gasteiger charge is 2.12. The largest absolute Gasteiger partial charge is 0.348 e. The van der Waals surface area contributed by atoms with Crippen LogP contribution >= 0.6 is 15.9 Å². The molecule has 0 heterocycles. The van der Waals surface area contributed by atoms with Crippen LogP contribution in [0.4, 0.5) is 0 Å². The van der Waals surface area contributed by atoms with E-state index in [1.54, 1.807) is 6.07 Å². The lowest BCUT2D eigenvalue weighted by atomic mass is 10.1. The summed E-state index contributed by atoms with van der Waals surface area (Å²) in [6, 6.07) is 13.1. The zero-order valence-corrected chi connectivity index (χ0v) is 15.6. The molecule has 2 aromatic carbocycles. The van der Waals surface area contributed by atoms with Crippen molar-refractivity contribution in [3.05, 3.63) is 69.2 Å². The number of carbonyl (C=O) groups excluding carboxylic acids is 2. The molecule has 0 aromatic heterocycles. The molecule has 2 N–H and O–H groups in total. The molecule has 0 unspecified atom stereocenters. The summed E-state index contributed by atoms with van der Waals surface area (Å²) >= 11 is 3.38. The van der Waals surface area contributed by atoms with E-state index in [9.17, 15) is 9.59 Å². The Hall–Kier alpha value is -2.14. The summed E-state index contributed by atoms with van der Waals surface area (Å²) in [5.74, 6) is -0.466. The lowest BCUT2D eigenvalue weighted by Gasteiger charge is -2.15. The number of rotatable bonds is 5. The van der Waals surface area contributed by atoms with Crippen LogP contribution in [0, 0.1) is 13.8 Å². The van der Waals surface area contributed by atoms with E-state index in [0.717, 1.165) is 21.2 Å². The van der Waals surface area contributed by atoms with Crippen molar-refractivity contribution < 1.29 is 9.59 Å². The molecule has 126 valence electrons. The Morgan fingerprint density at radius 3 is 2.33 bits per heavy atom. The summed E-state index contributed by atoms with van der Waals surface area (Å²) in [6.07, 6.45) is 0. The Balaban J connectivity index is 1.87. The molecular weight excluding hydrogens is 368 g/mol. The summed E-state index contributed by atoms with van der Waals surface area (Å²) in [4.78, 5) is 24.1. The number of benzene rings is 2. The van der Waals surface area contributed by atoms with E-state index in [1.165, 1.54) is 0 Å². The van der Waals surface area contributed by atoms with Crippen LogP contribution in [-0.4, -0.2) is 18.4 Å².